The van der Waals surface area contributed by atoms with Crippen LogP contribution in [0.5, 0.6) is 0 Å². The number of halogens is 1. The van der Waals surface area contributed by atoms with Crippen LogP contribution >= 0.6 is 0 Å². The number of hydrogen-bond acceptors (Lipinski definition) is 4. The number of nitrogens with zero attached hydrogens (tertiary/aromatic N) is 3. The van der Waals surface area contributed by atoms with Crippen molar-refractivity contribution in [2.45, 2.75) is 32.4 Å². The van der Waals surface area contributed by atoms with Crippen molar-refractivity contribution in [3.05, 3.63) is 71.7 Å². The molecule has 0 saturated carbocycles. The number of aryl methyl sites for hydroxylation is 1. The molecule has 30 heavy (non-hydrogen) atoms. The molecule has 0 bridgehead atoms. The second-order valence-electron chi connectivity index (χ2n) is 8.07. The summed E-state index contributed by atoms with van der Waals surface area (Å²) in [7, 11) is 0. The Bertz CT molecular complexity index is 987. The fourth-order valence-corrected chi connectivity index (χ4v) is 4.02. The first-order chi connectivity index (χ1) is 14.6. The molecule has 2 heterocycles. The Labute approximate surface area is 177 Å². The number of aromatic nitrogens is 2. The van der Waals surface area contributed by atoms with Crippen LogP contribution in [0.15, 0.2) is 54.7 Å². The zero-order valence-electron chi connectivity index (χ0n) is 17.4. The van der Waals surface area contributed by atoms with Crippen LogP contribution in [0.4, 0.5) is 4.39 Å². The summed E-state index contributed by atoms with van der Waals surface area (Å²) < 4.78 is 15.7. The van der Waals surface area contributed by atoms with Gasteiger partial charge in [-0.15, -0.1) is 0 Å². The van der Waals surface area contributed by atoms with Crippen molar-refractivity contribution in [2.24, 2.45) is 0 Å². The molecule has 0 spiro atoms. The maximum Gasteiger partial charge on any atom is 0.123 e. The van der Waals surface area contributed by atoms with Gasteiger partial charge in [0.2, 0.25) is 0 Å². The van der Waals surface area contributed by atoms with E-state index in [0.29, 0.717) is 6.54 Å². The number of aliphatic hydroxyl groups is 1. The third-order valence-corrected chi connectivity index (χ3v) is 5.56. The van der Waals surface area contributed by atoms with Gasteiger partial charge in [-0.3, -0.25) is 4.90 Å². The Hall–Kier alpha value is -2.54. The minimum Gasteiger partial charge on any atom is -0.392 e. The number of aliphatic hydroxyl groups excluding tert-OH is 1. The van der Waals surface area contributed by atoms with Crippen molar-refractivity contribution in [2.75, 3.05) is 26.2 Å². The third-order valence-electron chi connectivity index (χ3n) is 5.56. The molecule has 0 amide bonds. The summed E-state index contributed by atoms with van der Waals surface area (Å²) in [5.41, 5.74) is 4.75. The van der Waals surface area contributed by atoms with Gasteiger partial charge in [0.05, 0.1) is 17.5 Å². The van der Waals surface area contributed by atoms with Crippen molar-refractivity contribution in [3.63, 3.8) is 0 Å². The third kappa shape index (κ3) is 5.14. The molecule has 1 atom stereocenters. The summed E-state index contributed by atoms with van der Waals surface area (Å²) in [5, 5.41) is 18.1. The summed E-state index contributed by atoms with van der Waals surface area (Å²) in [6.45, 7) is 6.22. The minimum absolute atomic E-state index is 0.203. The second-order valence-corrected chi connectivity index (χ2v) is 8.07. The van der Waals surface area contributed by atoms with Crippen LogP contribution in [0.3, 0.4) is 0 Å². The Kier molecular flexibility index (Phi) is 6.57. The zero-order valence-corrected chi connectivity index (χ0v) is 17.4. The molecule has 1 unspecified atom stereocenters. The molecule has 5 nitrogen and oxygen atoms in total. The monoisotopic (exact) mass is 408 g/mol. The van der Waals surface area contributed by atoms with Gasteiger partial charge in [-0.25, -0.2) is 9.07 Å². The first-order valence-electron chi connectivity index (χ1n) is 10.6. The number of piperidine rings is 1. The average Bonchev–Trinajstić information content (AvgIpc) is 3.16. The van der Waals surface area contributed by atoms with E-state index in [0.717, 1.165) is 61.5 Å². The molecular weight excluding hydrogens is 379 g/mol. The van der Waals surface area contributed by atoms with Crippen molar-refractivity contribution in [3.8, 4) is 16.9 Å². The number of likely N-dealkylation sites (tertiary alicyclic amines) is 1. The van der Waals surface area contributed by atoms with E-state index in [-0.39, 0.29) is 11.9 Å². The van der Waals surface area contributed by atoms with Crippen LogP contribution in [-0.4, -0.2) is 52.1 Å². The summed E-state index contributed by atoms with van der Waals surface area (Å²) >= 11 is 0. The number of rotatable bonds is 7. The quantitative estimate of drug-likeness (QED) is 0.587. The summed E-state index contributed by atoms with van der Waals surface area (Å²) in [4.78, 5) is 2.30. The molecule has 1 aliphatic heterocycles. The van der Waals surface area contributed by atoms with Gasteiger partial charge in [0.15, 0.2) is 0 Å². The normalized spacial score (nSPS) is 17.4. The topological polar surface area (TPSA) is 53.3 Å². The Morgan fingerprint density at radius 3 is 2.87 bits per heavy atom. The molecule has 2 aromatic carbocycles. The second kappa shape index (κ2) is 9.51. The molecule has 1 aliphatic rings. The molecule has 2 N–H and O–H groups in total. The van der Waals surface area contributed by atoms with Crippen molar-refractivity contribution in [1.29, 1.82) is 0 Å². The van der Waals surface area contributed by atoms with Crippen molar-refractivity contribution >= 4 is 0 Å². The number of nitrogens with one attached hydrogen (secondary N) is 1. The lowest BCUT2D eigenvalue weighted by Gasteiger charge is -2.29. The maximum absolute atomic E-state index is 13.8. The zero-order chi connectivity index (χ0) is 20.9. The van der Waals surface area contributed by atoms with E-state index in [4.69, 9.17) is 5.10 Å². The maximum atomic E-state index is 13.8. The highest BCUT2D eigenvalue weighted by Gasteiger charge is 2.17. The summed E-state index contributed by atoms with van der Waals surface area (Å²) in [6.07, 6.45) is 3.77. The Morgan fingerprint density at radius 2 is 2.07 bits per heavy atom. The fraction of sp³-hybridized carbons (Fsp3) is 0.375. The first-order valence-corrected chi connectivity index (χ1v) is 10.6. The molecule has 0 radical (unpaired) electrons. The molecule has 1 aromatic heterocycles. The van der Waals surface area contributed by atoms with E-state index in [1.54, 1.807) is 6.07 Å². The van der Waals surface area contributed by atoms with E-state index in [9.17, 15) is 9.50 Å². The molecular formula is C24H29FN4O. The van der Waals surface area contributed by atoms with Gasteiger partial charge >= 0.3 is 0 Å². The van der Waals surface area contributed by atoms with E-state index < -0.39 is 0 Å². The largest absolute Gasteiger partial charge is 0.392 e. The van der Waals surface area contributed by atoms with E-state index in [1.165, 1.54) is 17.7 Å². The molecule has 1 saturated heterocycles. The van der Waals surface area contributed by atoms with E-state index in [2.05, 4.69) is 29.3 Å². The molecule has 4 rings (SSSR count). The summed E-state index contributed by atoms with van der Waals surface area (Å²) in [6, 6.07) is 14.8. The van der Waals surface area contributed by atoms with E-state index in [1.807, 2.05) is 29.1 Å². The van der Waals surface area contributed by atoms with Crippen LogP contribution in [0, 0.1) is 12.7 Å². The lowest BCUT2D eigenvalue weighted by Crippen LogP contribution is -2.41. The van der Waals surface area contributed by atoms with E-state index >= 15 is 0 Å². The predicted octanol–water partition coefficient (Wildman–Crippen LogP) is 3.53. The lowest BCUT2D eigenvalue weighted by atomic mass is 10.1. The predicted molar refractivity (Wildman–Crippen MR) is 117 cm³/mol. The van der Waals surface area contributed by atoms with Gasteiger partial charge in [0.25, 0.3) is 0 Å². The van der Waals surface area contributed by atoms with Gasteiger partial charge < -0.3 is 10.4 Å². The molecule has 6 heteroatoms. The number of benzene rings is 2. The number of β-amino-alcohol motifs (C(OH)–C–C–N with tert-alkyl or cyclic N) is 1. The standard InChI is InChI=1S/C24H29FN4O/c1-18-5-2-8-22(13-18)29-16-20(24(27-29)19-6-3-7-21(25)14-19)15-26-10-12-28-11-4-9-23(30)17-28/h2-3,5-8,13-14,16,23,26,30H,4,9-12,15,17H2,1H3. The lowest BCUT2D eigenvalue weighted by molar-refractivity contribution is 0.0712. The highest BCUT2D eigenvalue weighted by atomic mass is 19.1. The van der Waals surface area contributed by atoms with Crippen LogP contribution in [0.2, 0.25) is 0 Å². The van der Waals surface area contributed by atoms with Crippen molar-refractivity contribution in [1.82, 2.24) is 20.0 Å². The summed E-state index contributed by atoms with van der Waals surface area (Å²) in [5.74, 6) is -0.264. The van der Waals surface area contributed by atoms with Crippen molar-refractivity contribution < 1.29 is 9.50 Å². The van der Waals surface area contributed by atoms with Crippen LogP contribution < -0.4 is 5.32 Å². The Morgan fingerprint density at radius 1 is 1.20 bits per heavy atom. The van der Waals surface area contributed by atoms with Gasteiger partial charge in [0.1, 0.15) is 5.82 Å². The SMILES string of the molecule is Cc1cccc(-n2cc(CNCCN3CCCC(O)C3)c(-c3cccc(F)c3)n2)c1. The van der Waals surface area contributed by atoms with Gasteiger partial charge in [0, 0.05) is 43.5 Å². The molecule has 1 fully saturated rings. The fourth-order valence-electron chi connectivity index (χ4n) is 4.02. The molecule has 0 aliphatic carbocycles. The van der Waals surface area contributed by atoms with Crippen LogP contribution in [-0.2, 0) is 6.54 Å². The highest BCUT2D eigenvalue weighted by Crippen LogP contribution is 2.24. The van der Waals surface area contributed by atoms with Crippen LogP contribution in [0.25, 0.3) is 16.9 Å². The van der Waals surface area contributed by atoms with Crippen LogP contribution in [0.1, 0.15) is 24.0 Å². The average molecular weight is 409 g/mol. The molecule has 3 aromatic rings. The van der Waals surface area contributed by atoms with Gasteiger partial charge in [-0.2, -0.15) is 5.10 Å². The first kappa shape index (κ1) is 20.7. The van der Waals surface area contributed by atoms with Gasteiger partial charge in [-0.1, -0.05) is 24.3 Å². The minimum atomic E-state index is -0.264. The Balaban J connectivity index is 1.50. The highest BCUT2D eigenvalue weighted by molar-refractivity contribution is 5.63. The van der Waals surface area contributed by atoms with Gasteiger partial charge in [-0.05, 0) is 56.1 Å². The molecule has 158 valence electrons. The smallest absolute Gasteiger partial charge is 0.123 e. The number of hydrogen-bond donors (Lipinski definition) is 2.